The third-order valence-electron chi connectivity index (χ3n) is 1.43. The number of rotatable bonds is 3. The molecule has 6 heteroatoms. The second-order valence-electron chi connectivity index (χ2n) is 2.39. The average Bonchev–Trinajstić information content (AvgIpc) is 2.51. The maximum absolute atomic E-state index is 10.8. The third kappa shape index (κ3) is 2.95. The number of carbonyl (C=O) groups excluding carboxylic acids is 1. The quantitative estimate of drug-likeness (QED) is 0.782. The fourth-order valence-electron chi connectivity index (χ4n) is 0.789. The monoisotopic (exact) mass is 220 g/mol. The number of esters is 1. The fraction of sp³-hybridized carbons (Fsp3) is 0.429. The van der Waals surface area contributed by atoms with Crippen LogP contribution in [0.2, 0.25) is 4.34 Å². The fourth-order valence-corrected chi connectivity index (χ4v) is 1.72. The van der Waals surface area contributed by atoms with E-state index in [0.29, 0.717) is 9.34 Å². The molecule has 1 aromatic rings. The number of methoxy groups -OCH3 is 1. The Bertz CT molecular complexity index is 302. The number of nitrogens with two attached hydrogens (primary N) is 1. The van der Waals surface area contributed by atoms with Gasteiger partial charge in [-0.2, -0.15) is 0 Å². The van der Waals surface area contributed by atoms with Gasteiger partial charge < -0.3 is 10.5 Å². The molecule has 0 aliphatic rings. The molecule has 1 heterocycles. The van der Waals surface area contributed by atoms with Crippen LogP contribution in [-0.2, 0) is 9.53 Å². The van der Waals surface area contributed by atoms with Crippen molar-refractivity contribution in [3.63, 3.8) is 0 Å². The molecule has 0 unspecified atom stereocenters. The minimum absolute atomic E-state index is 0.125. The standard InChI is InChI=1S/C7H9ClN2O2S/c1-12-6(11)2-4(9)7-10-3-5(8)13-7/h3-4H,2,9H2,1H3/t4-/m0/s1. The zero-order chi connectivity index (χ0) is 9.84. The third-order valence-corrected chi connectivity index (χ3v) is 2.67. The van der Waals surface area contributed by atoms with Crippen molar-refractivity contribution in [3.8, 4) is 0 Å². The van der Waals surface area contributed by atoms with Crippen molar-refractivity contribution in [2.45, 2.75) is 12.5 Å². The molecule has 72 valence electrons. The van der Waals surface area contributed by atoms with Gasteiger partial charge in [0.05, 0.1) is 25.8 Å². The molecule has 13 heavy (non-hydrogen) atoms. The molecule has 0 saturated carbocycles. The van der Waals surface area contributed by atoms with Crippen LogP contribution in [0, 0.1) is 0 Å². The molecule has 0 fully saturated rings. The summed E-state index contributed by atoms with van der Waals surface area (Å²) in [6, 6.07) is -0.426. The van der Waals surface area contributed by atoms with Crippen LogP contribution >= 0.6 is 22.9 Å². The van der Waals surface area contributed by atoms with Gasteiger partial charge in [-0.15, -0.1) is 11.3 Å². The van der Waals surface area contributed by atoms with Crippen molar-refractivity contribution in [2.75, 3.05) is 7.11 Å². The highest BCUT2D eigenvalue weighted by Gasteiger charge is 2.14. The molecule has 0 spiro atoms. The molecule has 1 rings (SSSR count). The second kappa shape index (κ2) is 4.55. The lowest BCUT2D eigenvalue weighted by atomic mass is 10.2. The first-order valence-electron chi connectivity index (χ1n) is 3.57. The Morgan fingerprint density at radius 2 is 2.62 bits per heavy atom. The summed E-state index contributed by atoms with van der Waals surface area (Å²) < 4.78 is 5.04. The van der Waals surface area contributed by atoms with E-state index in [1.165, 1.54) is 24.6 Å². The van der Waals surface area contributed by atoms with Gasteiger partial charge in [0.1, 0.15) is 9.34 Å². The number of carbonyl (C=O) groups is 1. The largest absolute Gasteiger partial charge is 0.469 e. The van der Waals surface area contributed by atoms with Crippen molar-refractivity contribution in [1.29, 1.82) is 0 Å². The van der Waals surface area contributed by atoms with Gasteiger partial charge in [0.2, 0.25) is 0 Å². The van der Waals surface area contributed by atoms with Crippen LogP contribution < -0.4 is 5.73 Å². The number of ether oxygens (including phenoxy) is 1. The second-order valence-corrected chi connectivity index (χ2v) is 4.08. The van der Waals surface area contributed by atoms with Crippen molar-refractivity contribution in [3.05, 3.63) is 15.5 Å². The van der Waals surface area contributed by atoms with E-state index in [9.17, 15) is 4.79 Å². The Labute approximate surface area is 84.7 Å². The Morgan fingerprint density at radius 3 is 3.08 bits per heavy atom. The van der Waals surface area contributed by atoms with E-state index in [1.54, 1.807) is 0 Å². The normalized spacial score (nSPS) is 12.5. The molecule has 2 N–H and O–H groups in total. The van der Waals surface area contributed by atoms with Gasteiger partial charge >= 0.3 is 5.97 Å². The zero-order valence-corrected chi connectivity index (χ0v) is 8.56. The number of hydrogen-bond donors (Lipinski definition) is 1. The van der Waals surface area contributed by atoms with Crippen LogP contribution in [0.15, 0.2) is 6.20 Å². The molecule has 0 amide bonds. The predicted octanol–water partition coefficient (Wildman–Crippen LogP) is 1.36. The molecule has 0 aliphatic carbocycles. The summed E-state index contributed by atoms with van der Waals surface area (Å²) in [6.07, 6.45) is 1.64. The molecule has 0 bridgehead atoms. The maximum Gasteiger partial charge on any atom is 0.307 e. The van der Waals surface area contributed by atoms with E-state index in [4.69, 9.17) is 17.3 Å². The Kier molecular flexibility index (Phi) is 3.65. The lowest BCUT2D eigenvalue weighted by Gasteiger charge is -2.05. The van der Waals surface area contributed by atoms with Crippen molar-refractivity contribution < 1.29 is 9.53 Å². The van der Waals surface area contributed by atoms with Crippen LogP contribution in [0.25, 0.3) is 0 Å². The lowest BCUT2D eigenvalue weighted by molar-refractivity contribution is -0.141. The van der Waals surface area contributed by atoms with Gasteiger partial charge in [0.25, 0.3) is 0 Å². The SMILES string of the molecule is COC(=O)C[C@H](N)c1ncc(Cl)s1. The van der Waals surface area contributed by atoms with Gasteiger partial charge in [-0.25, -0.2) is 4.98 Å². The van der Waals surface area contributed by atoms with Crippen molar-refractivity contribution in [2.24, 2.45) is 5.73 Å². The molecule has 0 aliphatic heterocycles. The van der Waals surface area contributed by atoms with Crippen LogP contribution in [0.4, 0.5) is 0 Å². The van der Waals surface area contributed by atoms with Gasteiger partial charge in [-0.1, -0.05) is 11.6 Å². The summed E-state index contributed by atoms with van der Waals surface area (Å²) in [6.45, 7) is 0. The highest BCUT2D eigenvalue weighted by Crippen LogP contribution is 2.24. The summed E-state index contributed by atoms with van der Waals surface area (Å²) in [5, 5.41) is 0.649. The Balaban J connectivity index is 2.58. The molecule has 1 atom stereocenters. The highest BCUT2D eigenvalue weighted by atomic mass is 35.5. The summed E-state index contributed by atoms with van der Waals surface area (Å²) in [7, 11) is 1.32. The first-order valence-corrected chi connectivity index (χ1v) is 4.76. The van der Waals surface area contributed by atoms with E-state index in [2.05, 4.69) is 9.72 Å². The van der Waals surface area contributed by atoms with Crippen LogP contribution in [-0.4, -0.2) is 18.1 Å². The summed E-state index contributed by atoms with van der Waals surface area (Å²) >= 11 is 6.93. The summed E-state index contributed by atoms with van der Waals surface area (Å²) in [4.78, 5) is 14.8. The number of aromatic nitrogens is 1. The molecular formula is C7H9ClN2O2S. The smallest absolute Gasteiger partial charge is 0.307 e. The predicted molar refractivity (Wildman–Crippen MR) is 50.7 cm³/mol. The molecule has 4 nitrogen and oxygen atoms in total. The maximum atomic E-state index is 10.8. The van der Waals surface area contributed by atoms with E-state index >= 15 is 0 Å². The van der Waals surface area contributed by atoms with E-state index in [1.807, 2.05) is 0 Å². The van der Waals surface area contributed by atoms with E-state index in [0.717, 1.165) is 0 Å². The highest BCUT2D eigenvalue weighted by molar-refractivity contribution is 7.15. The van der Waals surface area contributed by atoms with Gasteiger partial charge in [0, 0.05) is 0 Å². The molecule has 0 aromatic carbocycles. The van der Waals surface area contributed by atoms with E-state index in [-0.39, 0.29) is 12.4 Å². The van der Waals surface area contributed by atoms with Crippen molar-refractivity contribution in [1.82, 2.24) is 4.98 Å². The topological polar surface area (TPSA) is 65.2 Å². The van der Waals surface area contributed by atoms with Crippen LogP contribution in [0.3, 0.4) is 0 Å². The molecule has 1 aromatic heterocycles. The van der Waals surface area contributed by atoms with Crippen LogP contribution in [0.1, 0.15) is 17.5 Å². The van der Waals surface area contributed by atoms with E-state index < -0.39 is 6.04 Å². The van der Waals surface area contributed by atoms with Gasteiger partial charge in [0.15, 0.2) is 0 Å². The lowest BCUT2D eigenvalue weighted by Crippen LogP contribution is -2.15. The first-order chi connectivity index (χ1) is 6.13. The van der Waals surface area contributed by atoms with Crippen LogP contribution in [0.5, 0.6) is 0 Å². The molecule has 0 radical (unpaired) electrons. The Morgan fingerprint density at radius 1 is 1.92 bits per heavy atom. The molecule has 0 saturated heterocycles. The number of thiazole rings is 1. The van der Waals surface area contributed by atoms with Gasteiger partial charge in [-0.3, -0.25) is 4.79 Å². The summed E-state index contributed by atoms with van der Waals surface area (Å²) in [5.41, 5.74) is 5.67. The first kappa shape index (κ1) is 10.4. The minimum Gasteiger partial charge on any atom is -0.469 e. The minimum atomic E-state index is -0.426. The van der Waals surface area contributed by atoms with Crippen molar-refractivity contribution >= 4 is 28.9 Å². The number of hydrogen-bond acceptors (Lipinski definition) is 5. The number of nitrogens with zero attached hydrogens (tertiary/aromatic N) is 1. The molecular weight excluding hydrogens is 212 g/mol. The van der Waals surface area contributed by atoms with Gasteiger partial charge in [-0.05, 0) is 0 Å². The zero-order valence-electron chi connectivity index (χ0n) is 6.99. The summed E-state index contributed by atoms with van der Waals surface area (Å²) in [5.74, 6) is -0.348. The Hall–Kier alpha value is -0.650. The average molecular weight is 221 g/mol. The number of halogens is 1.